The van der Waals surface area contributed by atoms with Gasteiger partial charge in [0, 0.05) is 0 Å². The fraction of sp³-hybridized carbons (Fsp3) is 0.500. The van der Waals surface area contributed by atoms with Crippen LogP contribution in [-0.4, -0.2) is 26.5 Å². The minimum Gasteiger partial charge on any atom is -0.473 e. The molecule has 0 atom stereocenters. The van der Waals surface area contributed by atoms with E-state index in [1.165, 1.54) is 0 Å². The first kappa shape index (κ1) is 12.7. The first-order chi connectivity index (χ1) is 7.99. The van der Waals surface area contributed by atoms with Crippen molar-refractivity contribution in [2.75, 3.05) is 12.3 Å². The molecule has 0 radical (unpaired) electrons. The second-order valence-electron chi connectivity index (χ2n) is 3.25. The monoisotopic (exact) mass is 243 g/mol. The van der Waals surface area contributed by atoms with Gasteiger partial charge in [-0.2, -0.15) is 4.98 Å². The van der Waals surface area contributed by atoms with Gasteiger partial charge in [0.1, 0.15) is 0 Å². The number of aromatic nitrogens is 2. The Morgan fingerprint density at radius 1 is 1.71 bits per heavy atom. The molecular weight excluding hydrogens is 230 g/mol. The average Bonchev–Trinajstić information content (AvgIpc) is 2.26. The van der Waals surface area contributed by atoms with Crippen molar-refractivity contribution in [2.24, 2.45) is 0 Å². The molecule has 0 bridgehead atoms. The third kappa shape index (κ3) is 2.62. The van der Waals surface area contributed by atoms with Crippen molar-refractivity contribution in [1.82, 2.24) is 9.71 Å². The van der Waals surface area contributed by atoms with Gasteiger partial charge < -0.3 is 15.7 Å². The molecule has 1 aromatic rings. The molecule has 0 aromatic carbocycles. The molecule has 0 aliphatic rings. The summed E-state index contributed by atoms with van der Waals surface area (Å²) in [5, 5.41) is 27.2. The van der Waals surface area contributed by atoms with Crippen molar-refractivity contribution in [3.8, 4) is 5.88 Å². The summed E-state index contributed by atoms with van der Waals surface area (Å²) in [6.07, 6.45) is 1.55. The van der Waals surface area contributed by atoms with Gasteiger partial charge in [-0.15, -0.1) is 4.73 Å². The van der Waals surface area contributed by atoms with Crippen LogP contribution in [0.3, 0.4) is 0 Å². The molecule has 0 fully saturated rings. The number of ether oxygens (including phenoxy) is 1. The van der Waals surface area contributed by atoms with Gasteiger partial charge in [-0.1, -0.05) is 13.3 Å². The molecule has 1 heterocycles. The number of nitrogens with one attached hydrogen (secondary N) is 1. The van der Waals surface area contributed by atoms with E-state index in [9.17, 15) is 15.3 Å². The lowest BCUT2D eigenvalue weighted by molar-refractivity contribution is -0.386. The molecule has 17 heavy (non-hydrogen) atoms. The highest BCUT2D eigenvalue weighted by Crippen LogP contribution is 2.28. The molecule has 0 saturated heterocycles. The molecule has 1 rings (SSSR count). The first-order valence-electron chi connectivity index (χ1n) is 4.92. The topological polar surface area (TPSA) is 140 Å². The van der Waals surface area contributed by atoms with E-state index in [4.69, 9.17) is 15.9 Å². The Labute approximate surface area is 96.1 Å². The summed E-state index contributed by atoms with van der Waals surface area (Å²) in [7, 11) is 0. The van der Waals surface area contributed by atoms with Crippen molar-refractivity contribution in [2.45, 2.75) is 19.8 Å². The van der Waals surface area contributed by atoms with Crippen molar-refractivity contribution in [3.63, 3.8) is 0 Å². The summed E-state index contributed by atoms with van der Waals surface area (Å²) < 4.78 is 5.21. The Morgan fingerprint density at radius 3 is 2.88 bits per heavy atom. The van der Waals surface area contributed by atoms with E-state index in [1.54, 1.807) is 0 Å². The van der Waals surface area contributed by atoms with Crippen molar-refractivity contribution in [3.05, 3.63) is 15.7 Å². The zero-order valence-corrected chi connectivity index (χ0v) is 9.21. The zero-order chi connectivity index (χ0) is 13.0. The molecule has 9 nitrogen and oxygen atoms in total. The van der Waals surface area contributed by atoms with Crippen LogP contribution in [0.15, 0.2) is 0 Å². The third-order valence-corrected chi connectivity index (χ3v) is 2.00. The Kier molecular flexibility index (Phi) is 3.86. The first-order valence-corrected chi connectivity index (χ1v) is 4.92. The number of hydrogen-bond donors (Lipinski definition) is 3. The number of nitrogen functional groups attached to an aromatic ring is 1. The number of anilines is 1. The number of rotatable bonds is 5. The van der Waals surface area contributed by atoms with Crippen LogP contribution < -0.4 is 16.1 Å². The fourth-order valence-electron chi connectivity index (χ4n) is 1.11. The fourth-order valence-corrected chi connectivity index (χ4v) is 1.11. The molecule has 0 amide bonds. The number of hydrogen-bond acceptors (Lipinski definition) is 7. The summed E-state index contributed by atoms with van der Waals surface area (Å²) in [4.78, 5) is 13.4. The quantitative estimate of drug-likeness (QED) is 0.293. The Balaban J connectivity index is 3.18. The Bertz CT molecular complexity index is 484. The van der Waals surface area contributed by atoms with E-state index < -0.39 is 22.0 Å². The summed E-state index contributed by atoms with van der Waals surface area (Å²) in [5.41, 5.74) is 4.06. The van der Waals surface area contributed by atoms with Crippen LogP contribution in [0, 0.1) is 15.5 Å². The summed E-state index contributed by atoms with van der Waals surface area (Å²) in [5.74, 6) is -0.933. The predicted molar refractivity (Wildman–Crippen MR) is 56.7 cm³/mol. The van der Waals surface area contributed by atoms with Crippen LogP contribution in [-0.2, 0) is 0 Å². The molecule has 94 valence electrons. The van der Waals surface area contributed by atoms with Crippen LogP contribution in [0.25, 0.3) is 0 Å². The standard InChI is InChI=1S/C8H13N5O4/c1-2-3-4-17-7-5(13(15)16)6(9)12(14)8(10)11-7/h10,14H,2-4,9H2,1H3. The van der Waals surface area contributed by atoms with E-state index in [0.717, 1.165) is 6.42 Å². The highest BCUT2D eigenvalue weighted by Gasteiger charge is 2.25. The summed E-state index contributed by atoms with van der Waals surface area (Å²) >= 11 is 0. The molecule has 4 N–H and O–H groups in total. The maximum atomic E-state index is 10.8. The summed E-state index contributed by atoms with van der Waals surface area (Å²) in [6.45, 7) is 2.17. The largest absolute Gasteiger partial charge is 0.473 e. The van der Waals surface area contributed by atoms with E-state index in [2.05, 4.69) is 4.98 Å². The van der Waals surface area contributed by atoms with Crippen LogP contribution in [0.2, 0.25) is 0 Å². The molecule has 1 aromatic heterocycles. The molecule has 0 saturated carbocycles. The minimum absolute atomic E-state index is 0.130. The highest BCUT2D eigenvalue weighted by molar-refractivity contribution is 5.58. The number of nitrogens with zero attached hydrogens (tertiary/aromatic N) is 3. The van der Waals surface area contributed by atoms with Gasteiger partial charge in [-0.05, 0) is 6.42 Å². The average molecular weight is 243 g/mol. The second-order valence-corrected chi connectivity index (χ2v) is 3.25. The second kappa shape index (κ2) is 5.14. The van der Waals surface area contributed by atoms with Crippen molar-refractivity contribution >= 4 is 11.5 Å². The smallest absolute Gasteiger partial charge is 0.374 e. The maximum Gasteiger partial charge on any atom is 0.374 e. The number of unbranched alkanes of at least 4 members (excludes halogenated alkanes) is 1. The van der Waals surface area contributed by atoms with Crippen LogP contribution in [0.1, 0.15) is 19.8 Å². The lowest BCUT2D eigenvalue weighted by Crippen LogP contribution is -2.26. The zero-order valence-electron chi connectivity index (χ0n) is 9.21. The predicted octanol–water partition coefficient (Wildman–Crippen LogP) is 0.269. The van der Waals surface area contributed by atoms with Gasteiger partial charge in [0.25, 0.3) is 5.62 Å². The molecule has 9 heteroatoms. The van der Waals surface area contributed by atoms with Crippen molar-refractivity contribution in [1.29, 1.82) is 5.41 Å². The van der Waals surface area contributed by atoms with Crippen LogP contribution in [0.4, 0.5) is 11.5 Å². The van der Waals surface area contributed by atoms with Gasteiger partial charge in [0.15, 0.2) is 0 Å². The van der Waals surface area contributed by atoms with Gasteiger partial charge in [-0.3, -0.25) is 15.5 Å². The lowest BCUT2D eigenvalue weighted by Gasteiger charge is -2.08. The number of nitro groups is 1. The molecule has 0 aliphatic heterocycles. The van der Waals surface area contributed by atoms with Crippen LogP contribution >= 0.6 is 0 Å². The normalized spacial score (nSPS) is 10.2. The van der Waals surface area contributed by atoms with Gasteiger partial charge >= 0.3 is 11.6 Å². The van der Waals surface area contributed by atoms with Gasteiger partial charge in [-0.25, -0.2) is 0 Å². The van der Waals surface area contributed by atoms with Crippen LogP contribution in [0.5, 0.6) is 5.88 Å². The minimum atomic E-state index is -0.810. The number of nitrogens with two attached hydrogens (primary N) is 1. The van der Waals surface area contributed by atoms with Gasteiger partial charge in [0.05, 0.1) is 11.5 Å². The Morgan fingerprint density at radius 2 is 2.35 bits per heavy atom. The lowest BCUT2D eigenvalue weighted by atomic mass is 10.4. The van der Waals surface area contributed by atoms with E-state index in [1.807, 2.05) is 6.92 Å². The van der Waals surface area contributed by atoms with Crippen molar-refractivity contribution < 1.29 is 14.9 Å². The van der Waals surface area contributed by atoms with Gasteiger partial charge in [0.2, 0.25) is 5.82 Å². The molecular formula is C8H13N5O4. The van der Waals surface area contributed by atoms with E-state index in [0.29, 0.717) is 6.42 Å². The van der Waals surface area contributed by atoms with E-state index in [-0.39, 0.29) is 17.2 Å². The third-order valence-electron chi connectivity index (χ3n) is 2.00. The highest BCUT2D eigenvalue weighted by atomic mass is 16.6. The van der Waals surface area contributed by atoms with E-state index >= 15 is 0 Å². The molecule has 0 spiro atoms. The molecule has 0 aliphatic carbocycles. The maximum absolute atomic E-state index is 10.8. The Hall–Kier alpha value is -2.32. The molecule has 0 unspecified atom stereocenters. The SMILES string of the molecule is CCCCOc1nc(=N)n(O)c(N)c1[N+](=O)[O-]. The summed E-state index contributed by atoms with van der Waals surface area (Å²) in [6, 6.07) is 0.